The third-order valence-electron chi connectivity index (χ3n) is 4.30. The van der Waals surface area contributed by atoms with Gasteiger partial charge in [0.25, 0.3) is 5.91 Å². The maximum absolute atomic E-state index is 13.0. The molecule has 1 fully saturated rings. The van der Waals surface area contributed by atoms with Crippen molar-refractivity contribution in [3.63, 3.8) is 0 Å². The maximum Gasteiger partial charge on any atom is 0.418 e. The van der Waals surface area contributed by atoms with Gasteiger partial charge in [0.15, 0.2) is 0 Å². The largest absolute Gasteiger partial charge is 0.418 e. The highest BCUT2D eigenvalue weighted by molar-refractivity contribution is 7.89. The number of hydrogen-bond donors (Lipinski definition) is 1. The summed E-state index contributed by atoms with van der Waals surface area (Å²) in [5, 5.41) is 2.23. The van der Waals surface area contributed by atoms with Crippen LogP contribution in [0.5, 0.6) is 0 Å². The molecule has 27 heavy (non-hydrogen) atoms. The molecule has 1 aliphatic heterocycles. The van der Waals surface area contributed by atoms with E-state index in [0.29, 0.717) is 13.1 Å². The molecule has 1 amide bonds. The van der Waals surface area contributed by atoms with Crippen LogP contribution < -0.4 is 5.32 Å². The Kier molecular flexibility index (Phi) is 5.25. The molecule has 0 radical (unpaired) electrons. The first-order chi connectivity index (χ1) is 12.7. The van der Waals surface area contributed by atoms with Gasteiger partial charge in [0, 0.05) is 18.7 Å². The summed E-state index contributed by atoms with van der Waals surface area (Å²) in [7, 11) is -3.61. The number of anilines is 1. The topological polar surface area (TPSA) is 66.5 Å². The third kappa shape index (κ3) is 4.14. The number of nitrogens with one attached hydrogen (secondary N) is 1. The highest BCUT2D eigenvalue weighted by Crippen LogP contribution is 2.34. The number of carbonyl (C=O) groups excluding carboxylic acids is 1. The summed E-state index contributed by atoms with van der Waals surface area (Å²) in [6, 6.07) is 9.81. The van der Waals surface area contributed by atoms with Gasteiger partial charge in [-0.05, 0) is 49.2 Å². The highest BCUT2D eigenvalue weighted by Gasteiger charge is 2.33. The minimum atomic E-state index is -4.60. The van der Waals surface area contributed by atoms with E-state index in [0.717, 1.165) is 25.0 Å². The Hall–Kier alpha value is -2.39. The number of halogens is 3. The monoisotopic (exact) mass is 398 g/mol. The minimum Gasteiger partial charge on any atom is -0.321 e. The Labute approximate surface area is 154 Å². The lowest BCUT2D eigenvalue weighted by Gasteiger charge is -2.16. The fraction of sp³-hybridized carbons (Fsp3) is 0.278. The zero-order valence-electron chi connectivity index (χ0n) is 14.2. The summed E-state index contributed by atoms with van der Waals surface area (Å²) < 4.78 is 65.3. The van der Waals surface area contributed by atoms with Crippen molar-refractivity contribution in [2.75, 3.05) is 18.4 Å². The number of sulfonamides is 1. The summed E-state index contributed by atoms with van der Waals surface area (Å²) in [5.74, 6) is -0.753. The van der Waals surface area contributed by atoms with Crippen LogP contribution in [0.4, 0.5) is 18.9 Å². The molecule has 0 atom stereocenters. The second-order valence-corrected chi connectivity index (χ2v) is 8.07. The van der Waals surface area contributed by atoms with Gasteiger partial charge in [0.05, 0.1) is 16.1 Å². The first-order valence-electron chi connectivity index (χ1n) is 8.27. The predicted octanol–water partition coefficient (Wildman–Crippen LogP) is 3.74. The summed E-state index contributed by atoms with van der Waals surface area (Å²) in [6.07, 6.45) is -2.99. The van der Waals surface area contributed by atoms with Crippen molar-refractivity contribution < 1.29 is 26.4 Å². The summed E-state index contributed by atoms with van der Waals surface area (Å²) >= 11 is 0. The fourth-order valence-corrected chi connectivity index (χ4v) is 4.41. The van der Waals surface area contributed by atoms with Gasteiger partial charge in [-0.25, -0.2) is 8.42 Å². The summed E-state index contributed by atoms with van der Waals surface area (Å²) in [6.45, 7) is 0.914. The van der Waals surface area contributed by atoms with Crippen LogP contribution in [0.3, 0.4) is 0 Å². The number of hydrogen-bond acceptors (Lipinski definition) is 3. The van der Waals surface area contributed by atoms with E-state index in [-0.39, 0.29) is 16.1 Å². The van der Waals surface area contributed by atoms with E-state index in [2.05, 4.69) is 5.32 Å². The number of nitrogens with zero attached hydrogens (tertiary/aromatic N) is 1. The van der Waals surface area contributed by atoms with E-state index in [1.807, 2.05) is 0 Å². The zero-order valence-corrected chi connectivity index (χ0v) is 15.0. The molecule has 1 N–H and O–H groups in total. The number of benzene rings is 2. The van der Waals surface area contributed by atoms with Crippen molar-refractivity contribution >= 4 is 21.6 Å². The molecule has 2 aromatic carbocycles. The van der Waals surface area contributed by atoms with Crippen molar-refractivity contribution in [1.82, 2.24) is 4.31 Å². The second-order valence-electron chi connectivity index (χ2n) is 6.13. The zero-order chi connectivity index (χ0) is 19.7. The van der Waals surface area contributed by atoms with E-state index in [1.54, 1.807) is 0 Å². The highest BCUT2D eigenvalue weighted by atomic mass is 32.2. The fourth-order valence-electron chi connectivity index (χ4n) is 2.89. The Bertz CT molecular complexity index is 935. The van der Waals surface area contributed by atoms with E-state index in [1.165, 1.54) is 40.7 Å². The Balaban J connectivity index is 1.79. The minimum absolute atomic E-state index is 0.0524. The molecular formula is C18H17F3N2O3S. The van der Waals surface area contributed by atoms with E-state index in [9.17, 15) is 26.4 Å². The molecule has 9 heteroatoms. The van der Waals surface area contributed by atoms with E-state index in [4.69, 9.17) is 0 Å². The van der Waals surface area contributed by atoms with Crippen LogP contribution in [0.2, 0.25) is 0 Å². The molecule has 5 nitrogen and oxygen atoms in total. The average Bonchev–Trinajstić information content (AvgIpc) is 3.17. The van der Waals surface area contributed by atoms with Gasteiger partial charge in [0.1, 0.15) is 0 Å². The standard InChI is InChI=1S/C18H17F3N2O3S/c19-18(20,21)15-5-1-2-6-16(15)22-17(24)13-7-9-14(10-8-13)27(25,26)23-11-3-4-12-23/h1-2,5-10H,3-4,11-12H2,(H,22,24). The average molecular weight is 398 g/mol. The Morgan fingerprint density at radius 1 is 0.963 bits per heavy atom. The van der Waals surface area contributed by atoms with Gasteiger partial charge in [-0.3, -0.25) is 4.79 Å². The lowest BCUT2D eigenvalue weighted by molar-refractivity contribution is -0.136. The van der Waals surface area contributed by atoms with Gasteiger partial charge < -0.3 is 5.32 Å². The second kappa shape index (κ2) is 7.32. The molecule has 0 saturated carbocycles. The van der Waals surface area contributed by atoms with Crippen LogP contribution in [0.1, 0.15) is 28.8 Å². The maximum atomic E-state index is 13.0. The normalized spacial score (nSPS) is 15.7. The molecule has 144 valence electrons. The first-order valence-corrected chi connectivity index (χ1v) is 9.71. The SMILES string of the molecule is O=C(Nc1ccccc1C(F)(F)F)c1ccc(S(=O)(=O)N2CCCC2)cc1. The quantitative estimate of drug-likeness (QED) is 0.853. The third-order valence-corrected chi connectivity index (χ3v) is 6.21. The van der Waals surface area contributed by atoms with Crippen LogP contribution in [0.25, 0.3) is 0 Å². The molecule has 0 aliphatic carbocycles. The number of amides is 1. The van der Waals surface area contributed by atoms with Crippen molar-refractivity contribution in [1.29, 1.82) is 0 Å². The molecule has 1 heterocycles. The van der Waals surface area contributed by atoms with Crippen LogP contribution in [0, 0.1) is 0 Å². The van der Waals surface area contributed by atoms with Crippen LogP contribution in [-0.2, 0) is 16.2 Å². The van der Waals surface area contributed by atoms with Gasteiger partial charge in [-0.2, -0.15) is 17.5 Å². The van der Waals surface area contributed by atoms with Gasteiger partial charge in [-0.15, -0.1) is 0 Å². The Morgan fingerprint density at radius 3 is 2.15 bits per heavy atom. The lowest BCUT2D eigenvalue weighted by Crippen LogP contribution is -2.27. The Morgan fingerprint density at radius 2 is 1.56 bits per heavy atom. The van der Waals surface area contributed by atoms with Gasteiger partial charge in [-0.1, -0.05) is 12.1 Å². The molecule has 0 aromatic heterocycles. The van der Waals surface area contributed by atoms with Crippen LogP contribution in [0.15, 0.2) is 53.4 Å². The van der Waals surface area contributed by atoms with Gasteiger partial charge >= 0.3 is 6.18 Å². The summed E-state index contributed by atoms with van der Waals surface area (Å²) in [4.78, 5) is 12.3. The first kappa shape index (κ1) is 19.4. The summed E-state index contributed by atoms with van der Waals surface area (Å²) in [5.41, 5.74) is -1.25. The molecule has 2 aromatic rings. The molecule has 0 spiro atoms. The lowest BCUT2D eigenvalue weighted by atomic mass is 10.1. The number of carbonyl (C=O) groups is 1. The molecular weight excluding hydrogens is 381 g/mol. The smallest absolute Gasteiger partial charge is 0.321 e. The van der Waals surface area contributed by atoms with Crippen LogP contribution in [-0.4, -0.2) is 31.7 Å². The van der Waals surface area contributed by atoms with Crippen molar-refractivity contribution in [2.45, 2.75) is 23.9 Å². The molecule has 3 rings (SSSR count). The molecule has 0 bridgehead atoms. The van der Waals surface area contributed by atoms with Crippen molar-refractivity contribution in [2.24, 2.45) is 0 Å². The number of para-hydroxylation sites is 1. The van der Waals surface area contributed by atoms with E-state index < -0.39 is 27.7 Å². The van der Waals surface area contributed by atoms with Crippen molar-refractivity contribution in [3.8, 4) is 0 Å². The number of rotatable bonds is 4. The predicted molar refractivity (Wildman–Crippen MR) is 93.8 cm³/mol. The van der Waals surface area contributed by atoms with Gasteiger partial charge in [0.2, 0.25) is 10.0 Å². The molecule has 1 aliphatic rings. The van der Waals surface area contributed by atoms with E-state index >= 15 is 0 Å². The van der Waals surface area contributed by atoms with Crippen LogP contribution >= 0.6 is 0 Å². The molecule has 0 unspecified atom stereocenters. The number of alkyl halides is 3. The van der Waals surface area contributed by atoms with Crippen molar-refractivity contribution in [3.05, 3.63) is 59.7 Å². The molecule has 1 saturated heterocycles.